The number of hydrogen-bond donors (Lipinski definition) is 0. The predicted octanol–water partition coefficient (Wildman–Crippen LogP) is 17.7. The minimum absolute atomic E-state index is 1.07. The second-order valence-electron chi connectivity index (χ2n) is 16.8. The lowest BCUT2D eigenvalue weighted by Gasteiger charge is -2.30. The molecule has 12 aromatic rings. The molecular weight excluding hydrogens is 797 g/mol. The van der Waals surface area contributed by atoms with Crippen molar-refractivity contribution in [2.24, 2.45) is 0 Å². The van der Waals surface area contributed by atoms with E-state index in [1.165, 1.54) is 82.6 Å². The molecule has 11 aromatic carbocycles. The molecule has 66 heavy (non-hydrogen) atoms. The molecule has 0 saturated heterocycles. The van der Waals surface area contributed by atoms with Crippen molar-refractivity contribution in [3.8, 4) is 61.3 Å². The van der Waals surface area contributed by atoms with Crippen molar-refractivity contribution < 1.29 is 0 Å². The minimum atomic E-state index is 1.07. The van der Waals surface area contributed by atoms with Gasteiger partial charge in [0.05, 0.1) is 16.7 Å². The third-order valence-electron chi connectivity index (χ3n) is 13.0. The molecule has 1 aromatic heterocycles. The van der Waals surface area contributed by atoms with Gasteiger partial charge in [-0.1, -0.05) is 212 Å². The lowest BCUT2D eigenvalue weighted by Crippen LogP contribution is -2.12. The average molecular weight is 841 g/mol. The van der Waals surface area contributed by atoms with Gasteiger partial charge in [-0.25, -0.2) is 0 Å². The fourth-order valence-electron chi connectivity index (χ4n) is 9.94. The summed E-state index contributed by atoms with van der Waals surface area (Å²) in [6, 6.07) is 96.9. The SMILES string of the molecule is c1ccc(-c2ccccc2-c2c(-c3ccccc3)cccc2N(c2ccc(-c3ccc(-n4c5ccccc5c5ccccc54)cc3)cc2)c2ccc(-c3cccc4ccccc34)cc2)cc1. The summed E-state index contributed by atoms with van der Waals surface area (Å²) in [4.78, 5) is 2.44. The van der Waals surface area contributed by atoms with Crippen LogP contribution in [-0.2, 0) is 0 Å². The van der Waals surface area contributed by atoms with Gasteiger partial charge < -0.3 is 9.47 Å². The Bertz CT molecular complexity index is 3600. The summed E-state index contributed by atoms with van der Waals surface area (Å²) >= 11 is 0. The van der Waals surface area contributed by atoms with E-state index in [1.807, 2.05) is 0 Å². The van der Waals surface area contributed by atoms with Gasteiger partial charge in [0.2, 0.25) is 0 Å². The van der Waals surface area contributed by atoms with Gasteiger partial charge >= 0.3 is 0 Å². The van der Waals surface area contributed by atoms with E-state index >= 15 is 0 Å². The van der Waals surface area contributed by atoms with Crippen molar-refractivity contribution in [3.05, 3.63) is 267 Å². The van der Waals surface area contributed by atoms with Gasteiger partial charge in [0, 0.05) is 33.4 Å². The van der Waals surface area contributed by atoms with Crippen LogP contribution in [0.25, 0.3) is 93.9 Å². The van der Waals surface area contributed by atoms with Crippen LogP contribution in [0.1, 0.15) is 0 Å². The molecule has 0 fully saturated rings. The molecule has 0 radical (unpaired) electrons. The van der Waals surface area contributed by atoms with E-state index in [4.69, 9.17) is 0 Å². The highest BCUT2D eigenvalue weighted by Gasteiger charge is 2.23. The van der Waals surface area contributed by atoms with Crippen molar-refractivity contribution >= 4 is 49.6 Å². The summed E-state index contributed by atoms with van der Waals surface area (Å²) in [6.45, 7) is 0. The molecule has 0 bridgehead atoms. The molecule has 2 heteroatoms. The first-order chi connectivity index (χ1) is 32.8. The fraction of sp³-hybridized carbons (Fsp3) is 0. The Morgan fingerprint density at radius 3 is 1.32 bits per heavy atom. The van der Waals surface area contributed by atoms with E-state index in [9.17, 15) is 0 Å². The number of rotatable bonds is 9. The summed E-state index contributed by atoms with van der Waals surface area (Å²) < 4.78 is 2.37. The van der Waals surface area contributed by atoms with Crippen molar-refractivity contribution in [1.82, 2.24) is 4.57 Å². The van der Waals surface area contributed by atoms with Crippen LogP contribution in [0.15, 0.2) is 267 Å². The van der Waals surface area contributed by atoms with Gasteiger partial charge in [-0.05, 0) is 115 Å². The predicted molar refractivity (Wildman–Crippen MR) is 280 cm³/mol. The first-order valence-electron chi connectivity index (χ1n) is 22.7. The van der Waals surface area contributed by atoms with Crippen molar-refractivity contribution in [2.45, 2.75) is 0 Å². The number of benzene rings is 11. The third-order valence-corrected chi connectivity index (χ3v) is 13.0. The zero-order valence-corrected chi connectivity index (χ0v) is 36.3. The Morgan fingerprint density at radius 1 is 0.258 bits per heavy atom. The van der Waals surface area contributed by atoms with E-state index in [-0.39, 0.29) is 0 Å². The number of para-hydroxylation sites is 2. The lowest BCUT2D eigenvalue weighted by atomic mass is 9.87. The van der Waals surface area contributed by atoms with E-state index in [1.54, 1.807) is 0 Å². The highest BCUT2D eigenvalue weighted by Crippen LogP contribution is 2.48. The number of aromatic nitrogens is 1. The van der Waals surface area contributed by atoms with Gasteiger partial charge in [-0.2, -0.15) is 0 Å². The summed E-state index contributed by atoms with van der Waals surface area (Å²) in [5, 5.41) is 5.02. The molecule has 0 aliphatic carbocycles. The summed E-state index contributed by atoms with van der Waals surface area (Å²) in [6.07, 6.45) is 0. The largest absolute Gasteiger partial charge is 0.310 e. The molecule has 0 amide bonds. The van der Waals surface area contributed by atoms with Crippen LogP contribution in [0, 0.1) is 0 Å². The topological polar surface area (TPSA) is 8.17 Å². The molecule has 2 nitrogen and oxygen atoms in total. The van der Waals surface area contributed by atoms with Crippen molar-refractivity contribution in [3.63, 3.8) is 0 Å². The zero-order chi connectivity index (χ0) is 43.8. The minimum Gasteiger partial charge on any atom is -0.310 e. The maximum atomic E-state index is 2.44. The van der Waals surface area contributed by atoms with E-state index < -0.39 is 0 Å². The first kappa shape index (κ1) is 38.9. The number of anilines is 3. The van der Waals surface area contributed by atoms with E-state index in [0.717, 1.165) is 28.3 Å². The van der Waals surface area contributed by atoms with Gasteiger partial charge in [0.1, 0.15) is 0 Å². The molecule has 0 N–H and O–H groups in total. The van der Waals surface area contributed by atoms with Crippen LogP contribution in [-0.4, -0.2) is 4.57 Å². The molecule has 0 spiro atoms. The summed E-state index contributed by atoms with van der Waals surface area (Å²) in [5.74, 6) is 0. The lowest BCUT2D eigenvalue weighted by molar-refractivity contribution is 1.18. The molecule has 0 atom stereocenters. The van der Waals surface area contributed by atoms with Gasteiger partial charge in [-0.3, -0.25) is 0 Å². The monoisotopic (exact) mass is 840 g/mol. The van der Waals surface area contributed by atoms with Crippen LogP contribution in [0.4, 0.5) is 17.1 Å². The zero-order valence-electron chi connectivity index (χ0n) is 36.3. The third kappa shape index (κ3) is 6.93. The first-order valence-corrected chi connectivity index (χ1v) is 22.7. The highest BCUT2D eigenvalue weighted by molar-refractivity contribution is 6.09. The summed E-state index contributed by atoms with van der Waals surface area (Å²) in [5.41, 5.74) is 18.6. The van der Waals surface area contributed by atoms with Crippen LogP contribution < -0.4 is 4.90 Å². The fourth-order valence-corrected chi connectivity index (χ4v) is 9.94. The molecule has 310 valence electrons. The van der Waals surface area contributed by atoms with Crippen LogP contribution in [0.2, 0.25) is 0 Å². The molecule has 0 aliphatic rings. The highest BCUT2D eigenvalue weighted by atomic mass is 15.1. The Morgan fingerprint density at radius 2 is 0.682 bits per heavy atom. The standard InChI is InChI=1S/C64H44N2/c1-3-17-47(18-4-1)56-24-9-10-27-60(56)64-57(49-19-5-2-6-20-49)29-16-32-63(64)65(52-43-37-50(38-44-52)55-28-15-22-48-21-7-8-23-54(48)55)51-39-33-45(34-40-51)46-35-41-53(42-36-46)66-61-30-13-11-25-58(61)59-26-12-14-31-62(59)66/h1-44H. The Kier molecular flexibility index (Phi) is 9.89. The molecule has 0 saturated carbocycles. The second kappa shape index (κ2) is 16.8. The quantitative estimate of drug-likeness (QED) is 0.141. The Labute approximate surface area is 385 Å². The van der Waals surface area contributed by atoms with Gasteiger partial charge in [-0.15, -0.1) is 0 Å². The molecule has 12 rings (SSSR count). The van der Waals surface area contributed by atoms with E-state index in [0.29, 0.717) is 0 Å². The molecular formula is C64H44N2. The second-order valence-corrected chi connectivity index (χ2v) is 16.8. The van der Waals surface area contributed by atoms with Crippen LogP contribution in [0.3, 0.4) is 0 Å². The maximum absolute atomic E-state index is 2.44. The molecule has 0 unspecified atom stereocenters. The molecule has 1 heterocycles. The molecule has 0 aliphatic heterocycles. The normalized spacial score (nSPS) is 11.3. The maximum Gasteiger partial charge on any atom is 0.0546 e. The van der Waals surface area contributed by atoms with Gasteiger partial charge in [0.15, 0.2) is 0 Å². The summed E-state index contributed by atoms with van der Waals surface area (Å²) in [7, 11) is 0. The number of hydrogen-bond acceptors (Lipinski definition) is 1. The average Bonchev–Trinajstić information content (AvgIpc) is 3.74. The van der Waals surface area contributed by atoms with E-state index in [2.05, 4.69) is 276 Å². The van der Waals surface area contributed by atoms with Gasteiger partial charge in [0.25, 0.3) is 0 Å². The Hall–Kier alpha value is -8.72. The van der Waals surface area contributed by atoms with Crippen LogP contribution >= 0.6 is 0 Å². The Balaban J connectivity index is 1.01. The van der Waals surface area contributed by atoms with Crippen molar-refractivity contribution in [1.29, 1.82) is 0 Å². The van der Waals surface area contributed by atoms with Crippen LogP contribution in [0.5, 0.6) is 0 Å². The number of fused-ring (bicyclic) bond motifs is 4. The smallest absolute Gasteiger partial charge is 0.0546 e. The number of nitrogens with zero attached hydrogens (tertiary/aromatic N) is 2. The van der Waals surface area contributed by atoms with Crippen molar-refractivity contribution in [2.75, 3.05) is 4.90 Å².